The third-order valence-electron chi connectivity index (χ3n) is 3.56. The normalized spacial score (nSPS) is 18.4. The molecule has 0 saturated carbocycles. The van der Waals surface area contributed by atoms with Crippen molar-refractivity contribution < 1.29 is 9.59 Å². The first-order chi connectivity index (χ1) is 9.51. The topological polar surface area (TPSA) is 49.4 Å². The number of hydrogen-bond donors (Lipinski definition) is 1. The van der Waals surface area contributed by atoms with Gasteiger partial charge in [-0.05, 0) is 43.5 Å². The third kappa shape index (κ3) is 3.18. The minimum absolute atomic E-state index is 0.00734. The van der Waals surface area contributed by atoms with Gasteiger partial charge >= 0.3 is 0 Å². The maximum Gasteiger partial charge on any atom is 0.227 e. The second-order valence-corrected chi connectivity index (χ2v) is 5.54. The van der Waals surface area contributed by atoms with E-state index in [9.17, 15) is 9.59 Å². The summed E-state index contributed by atoms with van der Waals surface area (Å²) in [7, 11) is 0. The number of benzene rings is 1. The van der Waals surface area contributed by atoms with Crippen LogP contribution in [0, 0.1) is 19.8 Å². The monoisotopic (exact) mass is 274 g/mol. The Hall–Kier alpha value is -1.84. The molecule has 0 spiro atoms. The second kappa shape index (κ2) is 6.07. The quantitative estimate of drug-likeness (QED) is 0.915. The first-order valence-electron chi connectivity index (χ1n) is 7.17. The standard InChI is InChI=1S/C16H22N2O2/c1-4-5-17-16(20)13-9-15(19)18(10-13)14-7-11(2)6-12(3)8-14/h6-8,13H,4-5,9-10H2,1-3H3,(H,17,20)/t13-/m1/s1. The fourth-order valence-corrected chi connectivity index (χ4v) is 2.63. The molecule has 0 bridgehead atoms. The summed E-state index contributed by atoms with van der Waals surface area (Å²) in [5.41, 5.74) is 3.16. The van der Waals surface area contributed by atoms with Gasteiger partial charge in [-0.3, -0.25) is 9.59 Å². The Morgan fingerprint density at radius 1 is 1.30 bits per heavy atom. The molecule has 4 heteroatoms. The minimum Gasteiger partial charge on any atom is -0.356 e. The predicted octanol–water partition coefficient (Wildman–Crippen LogP) is 2.18. The van der Waals surface area contributed by atoms with Gasteiger partial charge in [-0.15, -0.1) is 0 Å². The van der Waals surface area contributed by atoms with Crippen molar-refractivity contribution in [2.24, 2.45) is 5.92 Å². The molecule has 1 aliphatic rings. The Morgan fingerprint density at radius 3 is 2.55 bits per heavy atom. The van der Waals surface area contributed by atoms with Gasteiger partial charge in [0.2, 0.25) is 11.8 Å². The summed E-state index contributed by atoms with van der Waals surface area (Å²) in [5, 5.41) is 2.87. The van der Waals surface area contributed by atoms with Crippen LogP contribution >= 0.6 is 0 Å². The van der Waals surface area contributed by atoms with Gasteiger partial charge in [0.15, 0.2) is 0 Å². The fourth-order valence-electron chi connectivity index (χ4n) is 2.63. The van der Waals surface area contributed by atoms with Crippen LogP contribution in [0.15, 0.2) is 18.2 Å². The Labute approximate surface area is 120 Å². The number of anilines is 1. The highest BCUT2D eigenvalue weighted by molar-refractivity contribution is 6.00. The van der Waals surface area contributed by atoms with Crippen LogP contribution < -0.4 is 10.2 Å². The van der Waals surface area contributed by atoms with Crippen LogP contribution in [0.5, 0.6) is 0 Å². The highest BCUT2D eigenvalue weighted by Gasteiger charge is 2.34. The number of carbonyl (C=O) groups is 2. The van der Waals surface area contributed by atoms with Crippen molar-refractivity contribution in [1.82, 2.24) is 5.32 Å². The lowest BCUT2D eigenvalue weighted by Crippen LogP contribution is -2.33. The molecule has 1 aliphatic heterocycles. The average molecular weight is 274 g/mol. The number of hydrogen-bond acceptors (Lipinski definition) is 2. The van der Waals surface area contributed by atoms with E-state index in [1.807, 2.05) is 32.9 Å². The smallest absolute Gasteiger partial charge is 0.227 e. The van der Waals surface area contributed by atoms with Crippen molar-refractivity contribution >= 4 is 17.5 Å². The number of nitrogens with zero attached hydrogens (tertiary/aromatic N) is 1. The molecule has 108 valence electrons. The summed E-state index contributed by atoms with van der Waals surface area (Å²) in [6.07, 6.45) is 1.22. The first-order valence-corrected chi connectivity index (χ1v) is 7.17. The van der Waals surface area contributed by atoms with Crippen LogP contribution in [0.1, 0.15) is 30.9 Å². The zero-order valence-corrected chi connectivity index (χ0v) is 12.4. The predicted molar refractivity (Wildman–Crippen MR) is 79.7 cm³/mol. The third-order valence-corrected chi connectivity index (χ3v) is 3.56. The molecule has 1 N–H and O–H groups in total. The van der Waals surface area contributed by atoms with Gasteiger partial charge in [-0.2, -0.15) is 0 Å². The number of carbonyl (C=O) groups excluding carboxylic acids is 2. The molecule has 1 aromatic carbocycles. The van der Waals surface area contributed by atoms with Crippen molar-refractivity contribution in [3.63, 3.8) is 0 Å². The van der Waals surface area contributed by atoms with Crippen LogP contribution in [-0.4, -0.2) is 24.9 Å². The van der Waals surface area contributed by atoms with Crippen LogP contribution in [0.25, 0.3) is 0 Å². The molecule has 1 saturated heterocycles. The number of aryl methyl sites for hydroxylation is 2. The highest BCUT2D eigenvalue weighted by Crippen LogP contribution is 2.27. The van der Waals surface area contributed by atoms with E-state index in [1.54, 1.807) is 4.90 Å². The molecule has 0 radical (unpaired) electrons. The zero-order valence-electron chi connectivity index (χ0n) is 12.4. The lowest BCUT2D eigenvalue weighted by molar-refractivity contribution is -0.126. The Balaban J connectivity index is 2.11. The number of nitrogens with one attached hydrogen (secondary N) is 1. The van der Waals surface area contributed by atoms with Gasteiger partial charge in [0.05, 0.1) is 5.92 Å². The van der Waals surface area contributed by atoms with Crippen LogP contribution in [0.2, 0.25) is 0 Å². The molecule has 4 nitrogen and oxygen atoms in total. The van der Waals surface area contributed by atoms with Crippen molar-refractivity contribution in [2.75, 3.05) is 18.0 Å². The molecule has 1 heterocycles. The second-order valence-electron chi connectivity index (χ2n) is 5.54. The molecule has 1 fully saturated rings. The van der Waals surface area contributed by atoms with Gasteiger partial charge < -0.3 is 10.2 Å². The van der Waals surface area contributed by atoms with Crippen LogP contribution in [-0.2, 0) is 9.59 Å². The van der Waals surface area contributed by atoms with E-state index in [0.717, 1.165) is 23.2 Å². The fraction of sp³-hybridized carbons (Fsp3) is 0.500. The molecule has 1 aromatic rings. The molecule has 2 rings (SSSR count). The van der Waals surface area contributed by atoms with Crippen LogP contribution in [0.3, 0.4) is 0 Å². The Bertz CT molecular complexity index is 505. The summed E-state index contributed by atoms with van der Waals surface area (Å²) in [6, 6.07) is 6.07. The summed E-state index contributed by atoms with van der Waals surface area (Å²) in [6.45, 7) is 7.21. The van der Waals surface area contributed by atoms with E-state index in [1.165, 1.54) is 0 Å². The number of amides is 2. The highest BCUT2D eigenvalue weighted by atomic mass is 16.2. The van der Waals surface area contributed by atoms with Gasteiger partial charge in [0, 0.05) is 25.2 Å². The molecule has 20 heavy (non-hydrogen) atoms. The van der Waals surface area contributed by atoms with Crippen molar-refractivity contribution in [3.8, 4) is 0 Å². The van der Waals surface area contributed by atoms with E-state index in [2.05, 4.69) is 11.4 Å². The molecule has 0 aliphatic carbocycles. The van der Waals surface area contributed by atoms with Gasteiger partial charge in [-0.25, -0.2) is 0 Å². The molecular formula is C16H22N2O2. The summed E-state index contributed by atoms with van der Waals surface area (Å²) in [5.74, 6) is -0.200. The maximum atomic E-state index is 12.1. The van der Waals surface area contributed by atoms with Gasteiger partial charge in [-0.1, -0.05) is 13.0 Å². The molecule has 2 amide bonds. The van der Waals surface area contributed by atoms with E-state index >= 15 is 0 Å². The molecule has 0 unspecified atom stereocenters. The Morgan fingerprint density at radius 2 is 1.95 bits per heavy atom. The van der Waals surface area contributed by atoms with Crippen LogP contribution in [0.4, 0.5) is 5.69 Å². The molecule has 0 aromatic heterocycles. The van der Waals surface area contributed by atoms with E-state index < -0.39 is 0 Å². The molecule has 1 atom stereocenters. The molecular weight excluding hydrogens is 252 g/mol. The number of rotatable bonds is 4. The SMILES string of the molecule is CCCNC(=O)[C@@H]1CC(=O)N(c2cc(C)cc(C)c2)C1. The van der Waals surface area contributed by atoms with Gasteiger partial charge in [0.1, 0.15) is 0 Å². The van der Waals surface area contributed by atoms with E-state index in [0.29, 0.717) is 19.5 Å². The first kappa shape index (κ1) is 14.6. The lowest BCUT2D eigenvalue weighted by Gasteiger charge is -2.18. The maximum absolute atomic E-state index is 12.1. The zero-order chi connectivity index (χ0) is 14.7. The van der Waals surface area contributed by atoms with E-state index in [4.69, 9.17) is 0 Å². The summed E-state index contributed by atoms with van der Waals surface area (Å²) < 4.78 is 0. The van der Waals surface area contributed by atoms with Crippen molar-refractivity contribution in [3.05, 3.63) is 29.3 Å². The lowest BCUT2D eigenvalue weighted by atomic mass is 10.1. The van der Waals surface area contributed by atoms with Crippen molar-refractivity contribution in [1.29, 1.82) is 0 Å². The Kier molecular flexibility index (Phi) is 4.42. The van der Waals surface area contributed by atoms with E-state index in [-0.39, 0.29) is 17.7 Å². The summed E-state index contributed by atoms with van der Waals surface area (Å²) in [4.78, 5) is 25.8. The largest absolute Gasteiger partial charge is 0.356 e. The average Bonchev–Trinajstić information content (AvgIpc) is 2.77. The van der Waals surface area contributed by atoms with Crippen molar-refractivity contribution in [2.45, 2.75) is 33.6 Å². The van der Waals surface area contributed by atoms with Gasteiger partial charge in [0.25, 0.3) is 0 Å². The summed E-state index contributed by atoms with van der Waals surface area (Å²) >= 11 is 0. The minimum atomic E-state index is -0.227.